The summed E-state index contributed by atoms with van der Waals surface area (Å²) in [5.74, 6) is -0.165. The van der Waals surface area contributed by atoms with Crippen LogP contribution in [-0.4, -0.2) is 34.5 Å². The van der Waals surface area contributed by atoms with Gasteiger partial charge in [0.2, 0.25) is 0 Å². The smallest absolute Gasteiger partial charge is 0.253 e. The fourth-order valence-electron chi connectivity index (χ4n) is 5.12. The second kappa shape index (κ2) is 9.43. The molecular weight excluding hydrogens is 448 g/mol. The van der Waals surface area contributed by atoms with Crippen molar-refractivity contribution < 1.29 is 4.79 Å². The number of aromatic amines is 1. The van der Waals surface area contributed by atoms with Gasteiger partial charge in [-0.3, -0.25) is 9.59 Å². The van der Waals surface area contributed by atoms with Gasteiger partial charge in [0, 0.05) is 53.1 Å². The largest absolute Gasteiger partial charge is 0.348 e. The van der Waals surface area contributed by atoms with Crippen LogP contribution in [-0.2, 0) is 13.1 Å². The summed E-state index contributed by atoms with van der Waals surface area (Å²) in [6, 6.07) is 15.2. The molecule has 0 saturated heterocycles. The highest BCUT2D eigenvalue weighted by Crippen LogP contribution is 2.41. The SMILES string of the molecule is Cc1cc(C)c(CNC(=O)c2cc(-c3ccc(CN(C)C)cc3)cc3c2c(C)cn3C2CC2)c(=O)[nH]1. The first-order valence-electron chi connectivity index (χ1n) is 12.6. The molecule has 0 bridgehead atoms. The molecule has 0 aliphatic heterocycles. The number of aryl methyl sites for hydroxylation is 3. The van der Waals surface area contributed by atoms with Crippen LogP contribution in [0.1, 0.15) is 57.2 Å². The molecule has 1 amide bonds. The quantitative estimate of drug-likeness (QED) is 0.378. The van der Waals surface area contributed by atoms with Crippen LogP contribution in [0.4, 0.5) is 0 Å². The van der Waals surface area contributed by atoms with E-state index in [0.29, 0.717) is 17.2 Å². The maximum Gasteiger partial charge on any atom is 0.253 e. The number of aromatic nitrogens is 2. The first kappa shape index (κ1) is 24.1. The Morgan fingerprint density at radius 1 is 1.03 bits per heavy atom. The minimum absolute atomic E-state index is 0.152. The van der Waals surface area contributed by atoms with Crippen LogP contribution in [0.5, 0.6) is 0 Å². The average Bonchev–Trinajstić information content (AvgIpc) is 3.61. The lowest BCUT2D eigenvalue weighted by Gasteiger charge is -2.13. The number of nitrogens with zero attached hydrogens (tertiary/aromatic N) is 2. The molecule has 4 aromatic rings. The van der Waals surface area contributed by atoms with Gasteiger partial charge in [-0.25, -0.2) is 0 Å². The van der Waals surface area contributed by atoms with Crippen molar-refractivity contribution in [2.75, 3.05) is 14.1 Å². The van der Waals surface area contributed by atoms with E-state index in [-0.39, 0.29) is 18.0 Å². The highest BCUT2D eigenvalue weighted by Gasteiger charge is 2.27. The summed E-state index contributed by atoms with van der Waals surface area (Å²) in [7, 11) is 4.13. The van der Waals surface area contributed by atoms with E-state index in [2.05, 4.69) is 77.3 Å². The van der Waals surface area contributed by atoms with E-state index in [9.17, 15) is 9.59 Å². The zero-order chi connectivity index (χ0) is 25.6. The van der Waals surface area contributed by atoms with Gasteiger partial charge in [-0.2, -0.15) is 0 Å². The number of fused-ring (bicyclic) bond motifs is 1. The first-order valence-corrected chi connectivity index (χ1v) is 12.6. The van der Waals surface area contributed by atoms with E-state index in [1.54, 1.807) is 0 Å². The lowest BCUT2D eigenvalue weighted by Crippen LogP contribution is -2.28. The zero-order valence-corrected chi connectivity index (χ0v) is 21.7. The van der Waals surface area contributed by atoms with Gasteiger partial charge in [-0.15, -0.1) is 0 Å². The van der Waals surface area contributed by atoms with Crippen molar-refractivity contribution in [3.63, 3.8) is 0 Å². The summed E-state index contributed by atoms with van der Waals surface area (Å²) in [5, 5.41) is 4.01. The fourth-order valence-corrected chi connectivity index (χ4v) is 5.12. The third-order valence-electron chi connectivity index (χ3n) is 7.01. The van der Waals surface area contributed by atoms with E-state index in [1.165, 1.54) is 18.4 Å². The zero-order valence-electron chi connectivity index (χ0n) is 21.7. The second-order valence-corrected chi connectivity index (χ2v) is 10.4. The summed E-state index contributed by atoms with van der Waals surface area (Å²) >= 11 is 0. The summed E-state index contributed by atoms with van der Waals surface area (Å²) < 4.78 is 2.33. The van der Waals surface area contributed by atoms with Crippen LogP contribution in [0.2, 0.25) is 0 Å². The van der Waals surface area contributed by atoms with Gasteiger partial charge in [0.1, 0.15) is 0 Å². The normalized spacial score (nSPS) is 13.5. The number of benzene rings is 2. The van der Waals surface area contributed by atoms with E-state index >= 15 is 0 Å². The molecule has 186 valence electrons. The van der Waals surface area contributed by atoms with Crippen LogP contribution < -0.4 is 10.9 Å². The number of H-pyrrole nitrogens is 1. The van der Waals surface area contributed by atoms with E-state index in [0.717, 1.165) is 45.4 Å². The number of carbonyl (C=O) groups is 1. The molecule has 0 radical (unpaired) electrons. The molecule has 36 heavy (non-hydrogen) atoms. The predicted molar refractivity (Wildman–Crippen MR) is 145 cm³/mol. The van der Waals surface area contributed by atoms with Gasteiger partial charge in [-0.05, 0) is 93.7 Å². The number of amides is 1. The molecule has 1 aliphatic carbocycles. The number of pyridine rings is 1. The summed E-state index contributed by atoms with van der Waals surface area (Å²) in [4.78, 5) is 31.1. The van der Waals surface area contributed by atoms with Crippen molar-refractivity contribution >= 4 is 16.8 Å². The Kier molecular flexibility index (Phi) is 6.31. The van der Waals surface area contributed by atoms with E-state index in [1.807, 2.05) is 26.0 Å². The minimum atomic E-state index is -0.165. The standard InChI is InChI=1S/C30H34N4O2/c1-18-12-20(3)32-30(36)26(18)15-31-29(35)25-13-23(22-8-6-21(7-9-22)17-33(4)5)14-27-28(25)19(2)16-34(27)24-10-11-24/h6-9,12-14,16,24H,10-11,15,17H2,1-5H3,(H,31,35)(H,32,36). The minimum Gasteiger partial charge on any atom is -0.348 e. The van der Waals surface area contributed by atoms with E-state index in [4.69, 9.17) is 0 Å². The molecule has 0 spiro atoms. The number of rotatable bonds is 7. The number of carbonyl (C=O) groups excluding carboxylic acids is 1. The van der Waals surface area contributed by atoms with Crippen LogP contribution >= 0.6 is 0 Å². The van der Waals surface area contributed by atoms with Gasteiger partial charge in [0.15, 0.2) is 0 Å². The monoisotopic (exact) mass is 482 g/mol. The molecule has 2 heterocycles. The number of hydrogen-bond donors (Lipinski definition) is 2. The Balaban J connectivity index is 1.54. The van der Waals surface area contributed by atoms with Crippen molar-refractivity contribution in [2.24, 2.45) is 0 Å². The van der Waals surface area contributed by atoms with Crippen LogP contribution in [0.15, 0.2) is 53.5 Å². The van der Waals surface area contributed by atoms with Crippen LogP contribution in [0, 0.1) is 20.8 Å². The van der Waals surface area contributed by atoms with Gasteiger partial charge < -0.3 is 19.8 Å². The Labute approximate surface area is 212 Å². The summed E-state index contributed by atoms with van der Waals surface area (Å²) in [5.41, 5.74) is 8.33. The molecule has 1 aliphatic rings. The van der Waals surface area contributed by atoms with Crippen molar-refractivity contribution in [3.8, 4) is 11.1 Å². The molecule has 1 saturated carbocycles. The Bertz CT molecular complexity index is 1500. The Hall–Kier alpha value is -3.64. The lowest BCUT2D eigenvalue weighted by atomic mass is 9.97. The highest BCUT2D eigenvalue weighted by atomic mass is 16.1. The van der Waals surface area contributed by atoms with E-state index < -0.39 is 0 Å². The molecule has 0 unspecified atom stereocenters. The second-order valence-electron chi connectivity index (χ2n) is 10.4. The lowest BCUT2D eigenvalue weighted by molar-refractivity contribution is 0.0952. The number of hydrogen-bond acceptors (Lipinski definition) is 3. The van der Waals surface area contributed by atoms with Crippen molar-refractivity contribution in [3.05, 3.63) is 92.5 Å². The maximum absolute atomic E-state index is 13.6. The van der Waals surface area contributed by atoms with Crippen molar-refractivity contribution in [2.45, 2.75) is 52.7 Å². The maximum atomic E-state index is 13.6. The third kappa shape index (κ3) is 4.73. The third-order valence-corrected chi connectivity index (χ3v) is 7.01. The number of nitrogens with one attached hydrogen (secondary N) is 2. The fraction of sp³-hybridized carbons (Fsp3) is 0.333. The molecule has 2 N–H and O–H groups in total. The van der Waals surface area contributed by atoms with Gasteiger partial charge in [-0.1, -0.05) is 24.3 Å². The van der Waals surface area contributed by atoms with Crippen molar-refractivity contribution in [1.29, 1.82) is 0 Å². The summed E-state index contributed by atoms with van der Waals surface area (Å²) in [6.07, 6.45) is 4.52. The van der Waals surface area contributed by atoms with Gasteiger partial charge in [0.05, 0.1) is 0 Å². The predicted octanol–water partition coefficient (Wildman–Crippen LogP) is 5.25. The summed E-state index contributed by atoms with van der Waals surface area (Å²) in [6.45, 7) is 6.91. The molecule has 6 nitrogen and oxygen atoms in total. The molecule has 6 heteroatoms. The molecule has 0 atom stereocenters. The molecule has 2 aromatic carbocycles. The average molecular weight is 483 g/mol. The molecular formula is C30H34N4O2. The molecule has 2 aromatic heterocycles. The van der Waals surface area contributed by atoms with Gasteiger partial charge >= 0.3 is 0 Å². The first-order chi connectivity index (χ1) is 17.2. The van der Waals surface area contributed by atoms with Crippen LogP contribution in [0.3, 0.4) is 0 Å². The van der Waals surface area contributed by atoms with Crippen molar-refractivity contribution in [1.82, 2.24) is 19.8 Å². The van der Waals surface area contributed by atoms with Crippen LogP contribution in [0.25, 0.3) is 22.0 Å². The van der Waals surface area contributed by atoms with Gasteiger partial charge in [0.25, 0.3) is 11.5 Å². The highest BCUT2D eigenvalue weighted by molar-refractivity contribution is 6.09. The molecule has 1 fully saturated rings. The topological polar surface area (TPSA) is 70.1 Å². The molecule has 5 rings (SSSR count). The Morgan fingerprint density at radius 3 is 2.39 bits per heavy atom. The Morgan fingerprint density at radius 2 is 1.75 bits per heavy atom.